The van der Waals surface area contributed by atoms with E-state index in [4.69, 9.17) is 4.42 Å². The molecule has 0 unspecified atom stereocenters. The van der Waals surface area contributed by atoms with Crippen molar-refractivity contribution in [3.8, 4) is 0 Å². The Morgan fingerprint density at radius 3 is 2.53 bits per heavy atom. The van der Waals surface area contributed by atoms with Gasteiger partial charge in [-0.1, -0.05) is 13.8 Å². The van der Waals surface area contributed by atoms with Gasteiger partial charge in [0, 0.05) is 5.92 Å². The largest absolute Gasteiger partial charge is 0.467 e. The molecule has 17 heavy (non-hydrogen) atoms. The Morgan fingerprint density at radius 2 is 2.12 bits per heavy atom. The zero-order chi connectivity index (χ0) is 13.1. The van der Waals surface area contributed by atoms with Crippen molar-refractivity contribution in [3.05, 3.63) is 24.2 Å². The van der Waals surface area contributed by atoms with Crippen molar-refractivity contribution in [3.63, 3.8) is 0 Å². The number of carbonyl (C=O) groups excluding carboxylic acids is 1. The van der Waals surface area contributed by atoms with Crippen molar-refractivity contribution in [2.75, 3.05) is 6.54 Å². The number of nitrogens with zero attached hydrogens (tertiary/aromatic N) is 1. The Morgan fingerprint density at radius 1 is 1.47 bits per heavy atom. The van der Waals surface area contributed by atoms with E-state index in [0.717, 1.165) is 4.90 Å². The predicted molar refractivity (Wildman–Crippen MR) is 55.0 cm³/mol. The van der Waals surface area contributed by atoms with Crippen LogP contribution in [-0.2, 0) is 11.3 Å². The van der Waals surface area contributed by atoms with Gasteiger partial charge in [0.1, 0.15) is 12.3 Å². The molecule has 0 aliphatic rings. The monoisotopic (exact) mass is 249 g/mol. The van der Waals surface area contributed by atoms with E-state index in [1.807, 2.05) is 0 Å². The van der Waals surface area contributed by atoms with Crippen molar-refractivity contribution in [2.24, 2.45) is 5.92 Å². The molecule has 0 aromatic carbocycles. The lowest BCUT2D eigenvalue weighted by Crippen LogP contribution is -2.40. The molecule has 0 saturated heterocycles. The normalized spacial score (nSPS) is 11.9. The first-order chi connectivity index (χ1) is 7.79. The Hall–Kier alpha value is -1.46. The summed E-state index contributed by atoms with van der Waals surface area (Å²) in [5, 5.41) is 0. The van der Waals surface area contributed by atoms with E-state index in [9.17, 15) is 18.0 Å². The van der Waals surface area contributed by atoms with Gasteiger partial charge in [-0.3, -0.25) is 4.79 Å². The number of hydrogen-bond acceptors (Lipinski definition) is 2. The second-order valence-electron chi connectivity index (χ2n) is 4.04. The van der Waals surface area contributed by atoms with Crippen LogP contribution in [0.4, 0.5) is 13.2 Å². The molecule has 0 aliphatic heterocycles. The fourth-order valence-electron chi connectivity index (χ4n) is 1.38. The second kappa shape index (κ2) is 5.25. The quantitative estimate of drug-likeness (QED) is 0.822. The Balaban J connectivity index is 2.75. The molecule has 0 radical (unpaired) electrons. The molecule has 0 fully saturated rings. The maximum absolute atomic E-state index is 12.3. The van der Waals surface area contributed by atoms with Crippen LogP contribution in [0.15, 0.2) is 22.8 Å². The Bertz CT molecular complexity index is 357. The van der Waals surface area contributed by atoms with Gasteiger partial charge < -0.3 is 9.32 Å². The number of carbonyl (C=O) groups is 1. The van der Waals surface area contributed by atoms with Gasteiger partial charge in [0.15, 0.2) is 0 Å². The zero-order valence-electron chi connectivity index (χ0n) is 9.62. The molecular formula is C11H14F3NO2. The molecule has 0 spiro atoms. The van der Waals surface area contributed by atoms with Crippen LogP contribution in [0.5, 0.6) is 0 Å². The highest BCUT2D eigenvalue weighted by Crippen LogP contribution is 2.19. The molecule has 0 N–H and O–H groups in total. The molecule has 1 amide bonds. The SMILES string of the molecule is CC(C)C(=O)N(Cc1ccco1)CC(F)(F)F. The smallest absolute Gasteiger partial charge is 0.406 e. The van der Waals surface area contributed by atoms with Crippen LogP contribution >= 0.6 is 0 Å². The molecule has 0 bridgehead atoms. The third-order valence-corrected chi connectivity index (χ3v) is 2.10. The van der Waals surface area contributed by atoms with Crippen LogP contribution in [0.25, 0.3) is 0 Å². The summed E-state index contributed by atoms with van der Waals surface area (Å²) in [6.45, 7) is 1.70. The van der Waals surface area contributed by atoms with Crippen molar-refractivity contribution >= 4 is 5.91 Å². The molecule has 1 rings (SSSR count). The second-order valence-corrected chi connectivity index (χ2v) is 4.04. The van der Waals surface area contributed by atoms with E-state index in [1.54, 1.807) is 19.9 Å². The average Bonchev–Trinajstić information content (AvgIpc) is 2.66. The maximum Gasteiger partial charge on any atom is 0.406 e. The molecule has 1 aromatic rings. The highest BCUT2D eigenvalue weighted by Gasteiger charge is 2.34. The molecule has 96 valence electrons. The number of alkyl halides is 3. The van der Waals surface area contributed by atoms with Crippen LogP contribution < -0.4 is 0 Å². The van der Waals surface area contributed by atoms with Gasteiger partial charge in [0.25, 0.3) is 0 Å². The van der Waals surface area contributed by atoms with Crippen molar-refractivity contribution < 1.29 is 22.4 Å². The Kier molecular flexibility index (Phi) is 4.20. The fourth-order valence-corrected chi connectivity index (χ4v) is 1.38. The summed E-state index contributed by atoms with van der Waals surface area (Å²) in [5.41, 5.74) is 0. The minimum absolute atomic E-state index is 0.163. The molecule has 3 nitrogen and oxygen atoms in total. The zero-order valence-corrected chi connectivity index (χ0v) is 9.62. The topological polar surface area (TPSA) is 33.5 Å². The maximum atomic E-state index is 12.3. The lowest BCUT2D eigenvalue weighted by atomic mass is 10.2. The van der Waals surface area contributed by atoms with Crippen LogP contribution in [0, 0.1) is 5.92 Å². The van der Waals surface area contributed by atoms with E-state index in [-0.39, 0.29) is 6.54 Å². The van der Waals surface area contributed by atoms with Gasteiger partial charge in [0.2, 0.25) is 5.91 Å². The Labute approximate surface area is 97.2 Å². The van der Waals surface area contributed by atoms with Crippen LogP contribution in [0.3, 0.4) is 0 Å². The third-order valence-electron chi connectivity index (χ3n) is 2.10. The molecule has 1 heterocycles. The first kappa shape index (κ1) is 13.6. The van der Waals surface area contributed by atoms with Gasteiger partial charge in [-0.15, -0.1) is 0 Å². The number of amides is 1. The lowest BCUT2D eigenvalue weighted by Gasteiger charge is -2.24. The molecule has 0 saturated carbocycles. The highest BCUT2D eigenvalue weighted by molar-refractivity contribution is 5.78. The summed E-state index contributed by atoms with van der Waals surface area (Å²) in [4.78, 5) is 12.4. The summed E-state index contributed by atoms with van der Waals surface area (Å²) in [6.07, 6.45) is -3.04. The summed E-state index contributed by atoms with van der Waals surface area (Å²) in [5.74, 6) is -0.686. The molecule has 6 heteroatoms. The predicted octanol–water partition coefficient (Wildman–Crippen LogP) is 2.83. The summed E-state index contributed by atoms with van der Waals surface area (Å²) < 4.78 is 41.9. The van der Waals surface area contributed by atoms with Crippen molar-refractivity contribution in [1.82, 2.24) is 4.90 Å². The number of rotatable bonds is 4. The molecule has 1 aromatic heterocycles. The van der Waals surface area contributed by atoms with Gasteiger partial charge in [0.05, 0.1) is 12.8 Å². The average molecular weight is 249 g/mol. The van der Waals surface area contributed by atoms with Crippen LogP contribution in [-0.4, -0.2) is 23.5 Å². The summed E-state index contributed by atoms with van der Waals surface area (Å²) in [6, 6.07) is 3.11. The van der Waals surface area contributed by atoms with E-state index in [2.05, 4.69) is 0 Å². The van der Waals surface area contributed by atoms with Crippen molar-refractivity contribution in [2.45, 2.75) is 26.6 Å². The van der Waals surface area contributed by atoms with Gasteiger partial charge in [-0.25, -0.2) is 0 Å². The third kappa shape index (κ3) is 4.50. The number of hydrogen-bond donors (Lipinski definition) is 0. The van der Waals surface area contributed by atoms with E-state index in [0.29, 0.717) is 5.76 Å². The van der Waals surface area contributed by atoms with Crippen LogP contribution in [0.2, 0.25) is 0 Å². The first-order valence-electron chi connectivity index (χ1n) is 5.17. The summed E-state index contributed by atoms with van der Waals surface area (Å²) in [7, 11) is 0. The number of halogens is 3. The molecule has 0 aliphatic carbocycles. The van der Waals surface area contributed by atoms with E-state index in [1.165, 1.54) is 12.3 Å². The van der Waals surface area contributed by atoms with E-state index >= 15 is 0 Å². The van der Waals surface area contributed by atoms with Gasteiger partial charge in [-0.05, 0) is 12.1 Å². The lowest BCUT2D eigenvalue weighted by molar-refractivity contribution is -0.164. The first-order valence-corrected chi connectivity index (χ1v) is 5.17. The molecule has 0 atom stereocenters. The molecular weight excluding hydrogens is 235 g/mol. The minimum atomic E-state index is -4.41. The van der Waals surface area contributed by atoms with Gasteiger partial charge >= 0.3 is 6.18 Å². The van der Waals surface area contributed by atoms with Crippen molar-refractivity contribution in [1.29, 1.82) is 0 Å². The highest BCUT2D eigenvalue weighted by atomic mass is 19.4. The van der Waals surface area contributed by atoms with E-state index < -0.39 is 24.5 Å². The minimum Gasteiger partial charge on any atom is -0.467 e. The fraction of sp³-hybridized carbons (Fsp3) is 0.545. The number of furan rings is 1. The van der Waals surface area contributed by atoms with Crippen LogP contribution in [0.1, 0.15) is 19.6 Å². The van der Waals surface area contributed by atoms with Gasteiger partial charge in [-0.2, -0.15) is 13.2 Å². The standard InChI is InChI=1S/C11H14F3NO2/c1-8(2)10(16)15(7-11(12,13)14)6-9-4-3-5-17-9/h3-5,8H,6-7H2,1-2H3. The summed E-state index contributed by atoms with van der Waals surface area (Å²) >= 11 is 0.